The van der Waals surface area contributed by atoms with Crippen molar-refractivity contribution in [3.63, 3.8) is 0 Å². The molecule has 1 saturated heterocycles. The Labute approximate surface area is 112 Å². The number of hydrogen-bond acceptors (Lipinski definition) is 2. The molecule has 0 aromatic heterocycles. The molecule has 1 heterocycles. The molecule has 0 aliphatic carbocycles. The summed E-state index contributed by atoms with van der Waals surface area (Å²) in [4.78, 5) is 11.9. The molecule has 0 bridgehead atoms. The molecular formula is C15H18FNO2. The SMILES string of the molecule is C=Cc1cc(CC(=O)NC2CCOCC2)ccc1F. The summed E-state index contributed by atoms with van der Waals surface area (Å²) in [6.45, 7) is 4.94. The lowest BCUT2D eigenvalue weighted by Gasteiger charge is -2.23. The third-order valence-corrected chi connectivity index (χ3v) is 3.23. The molecule has 0 unspecified atom stereocenters. The predicted molar refractivity (Wildman–Crippen MR) is 72.2 cm³/mol. The van der Waals surface area contributed by atoms with Gasteiger partial charge in [-0.15, -0.1) is 0 Å². The van der Waals surface area contributed by atoms with E-state index in [1.807, 2.05) is 0 Å². The number of carbonyl (C=O) groups is 1. The second kappa shape index (κ2) is 6.48. The summed E-state index contributed by atoms with van der Waals surface area (Å²) in [6, 6.07) is 4.85. The molecule has 1 N–H and O–H groups in total. The molecule has 3 nitrogen and oxygen atoms in total. The highest BCUT2D eigenvalue weighted by atomic mass is 19.1. The molecule has 4 heteroatoms. The monoisotopic (exact) mass is 263 g/mol. The van der Waals surface area contributed by atoms with Gasteiger partial charge in [-0.2, -0.15) is 0 Å². The van der Waals surface area contributed by atoms with Crippen molar-refractivity contribution in [2.45, 2.75) is 25.3 Å². The molecule has 1 aromatic rings. The maximum atomic E-state index is 13.3. The van der Waals surface area contributed by atoms with E-state index in [4.69, 9.17) is 4.74 Å². The number of benzene rings is 1. The van der Waals surface area contributed by atoms with E-state index < -0.39 is 0 Å². The number of carbonyl (C=O) groups excluding carboxylic acids is 1. The summed E-state index contributed by atoms with van der Waals surface area (Å²) < 4.78 is 18.5. The maximum absolute atomic E-state index is 13.3. The molecule has 0 atom stereocenters. The maximum Gasteiger partial charge on any atom is 0.224 e. The van der Waals surface area contributed by atoms with Crippen molar-refractivity contribution in [2.24, 2.45) is 0 Å². The van der Waals surface area contributed by atoms with Crippen LogP contribution in [0, 0.1) is 5.82 Å². The smallest absolute Gasteiger partial charge is 0.224 e. The van der Waals surface area contributed by atoms with Crippen LogP contribution in [0.1, 0.15) is 24.0 Å². The van der Waals surface area contributed by atoms with Gasteiger partial charge in [-0.25, -0.2) is 4.39 Å². The lowest BCUT2D eigenvalue weighted by atomic mass is 10.1. The summed E-state index contributed by atoms with van der Waals surface area (Å²) >= 11 is 0. The van der Waals surface area contributed by atoms with Crippen molar-refractivity contribution < 1.29 is 13.9 Å². The van der Waals surface area contributed by atoms with Crippen molar-refractivity contribution >= 4 is 12.0 Å². The Hall–Kier alpha value is -1.68. The zero-order chi connectivity index (χ0) is 13.7. The third kappa shape index (κ3) is 3.89. The van der Waals surface area contributed by atoms with Crippen LogP contribution in [0.2, 0.25) is 0 Å². The first kappa shape index (κ1) is 13.7. The van der Waals surface area contributed by atoms with E-state index in [-0.39, 0.29) is 24.2 Å². The summed E-state index contributed by atoms with van der Waals surface area (Å²) in [5.41, 5.74) is 1.22. The van der Waals surface area contributed by atoms with E-state index >= 15 is 0 Å². The minimum atomic E-state index is -0.316. The lowest BCUT2D eigenvalue weighted by Crippen LogP contribution is -2.39. The number of amides is 1. The van der Waals surface area contributed by atoms with Gasteiger partial charge in [0.1, 0.15) is 5.82 Å². The predicted octanol–water partition coefficient (Wildman–Crippen LogP) is 2.31. The van der Waals surface area contributed by atoms with Crippen molar-refractivity contribution in [1.82, 2.24) is 5.32 Å². The standard InChI is InChI=1S/C15H18FNO2/c1-2-12-9-11(3-4-14(12)16)10-15(18)17-13-5-7-19-8-6-13/h2-4,9,13H,1,5-8,10H2,(H,17,18). The van der Waals surface area contributed by atoms with Gasteiger partial charge >= 0.3 is 0 Å². The first-order chi connectivity index (χ1) is 9.19. The molecule has 0 radical (unpaired) electrons. The first-order valence-electron chi connectivity index (χ1n) is 6.47. The largest absolute Gasteiger partial charge is 0.381 e. The minimum Gasteiger partial charge on any atom is -0.381 e. The van der Waals surface area contributed by atoms with Crippen LogP contribution in [-0.2, 0) is 16.0 Å². The highest BCUT2D eigenvalue weighted by molar-refractivity contribution is 5.79. The molecule has 1 aromatic carbocycles. The molecule has 0 spiro atoms. The topological polar surface area (TPSA) is 38.3 Å². The summed E-state index contributed by atoms with van der Waals surface area (Å²) in [6.07, 6.45) is 3.42. The number of rotatable bonds is 4. The normalized spacial score (nSPS) is 16.1. The fourth-order valence-corrected chi connectivity index (χ4v) is 2.17. The van der Waals surface area contributed by atoms with E-state index in [1.54, 1.807) is 12.1 Å². The van der Waals surface area contributed by atoms with E-state index in [0.29, 0.717) is 18.8 Å². The Bertz CT molecular complexity index is 467. The lowest BCUT2D eigenvalue weighted by molar-refractivity contribution is -0.121. The van der Waals surface area contributed by atoms with E-state index in [2.05, 4.69) is 11.9 Å². The van der Waals surface area contributed by atoms with Gasteiger partial charge in [0.25, 0.3) is 0 Å². The van der Waals surface area contributed by atoms with Crippen LogP contribution in [0.25, 0.3) is 6.08 Å². The van der Waals surface area contributed by atoms with Crippen molar-refractivity contribution in [3.05, 3.63) is 41.7 Å². The molecule has 1 amide bonds. The van der Waals surface area contributed by atoms with Gasteiger partial charge in [-0.3, -0.25) is 4.79 Å². The summed E-state index contributed by atoms with van der Waals surface area (Å²) in [7, 11) is 0. The molecule has 102 valence electrons. The van der Waals surface area contributed by atoms with Gasteiger partial charge in [-0.1, -0.05) is 18.7 Å². The zero-order valence-corrected chi connectivity index (χ0v) is 10.8. The fraction of sp³-hybridized carbons (Fsp3) is 0.400. The van der Waals surface area contributed by atoms with Crippen LogP contribution in [0.15, 0.2) is 24.8 Å². The van der Waals surface area contributed by atoms with Crippen LogP contribution in [0.3, 0.4) is 0 Å². The second-order valence-corrected chi connectivity index (χ2v) is 4.69. The van der Waals surface area contributed by atoms with E-state index in [0.717, 1.165) is 18.4 Å². The quantitative estimate of drug-likeness (QED) is 0.905. The van der Waals surface area contributed by atoms with E-state index in [9.17, 15) is 9.18 Å². The number of ether oxygens (including phenoxy) is 1. The molecule has 1 aliphatic rings. The average molecular weight is 263 g/mol. The van der Waals surface area contributed by atoms with Crippen LogP contribution >= 0.6 is 0 Å². The van der Waals surface area contributed by atoms with Crippen molar-refractivity contribution in [2.75, 3.05) is 13.2 Å². The molecule has 1 aliphatic heterocycles. The highest BCUT2D eigenvalue weighted by Gasteiger charge is 2.16. The second-order valence-electron chi connectivity index (χ2n) is 4.69. The van der Waals surface area contributed by atoms with Gasteiger partial charge < -0.3 is 10.1 Å². The van der Waals surface area contributed by atoms with Gasteiger partial charge in [0.05, 0.1) is 6.42 Å². The van der Waals surface area contributed by atoms with E-state index in [1.165, 1.54) is 12.1 Å². The molecule has 2 rings (SSSR count). The van der Waals surface area contributed by atoms with Crippen molar-refractivity contribution in [1.29, 1.82) is 0 Å². The van der Waals surface area contributed by atoms with Gasteiger partial charge in [0, 0.05) is 24.8 Å². The minimum absolute atomic E-state index is 0.0338. The number of nitrogens with one attached hydrogen (secondary N) is 1. The number of hydrogen-bond donors (Lipinski definition) is 1. The average Bonchev–Trinajstić information content (AvgIpc) is 2.42. The highest BCUT2D eigenvalue weighted by Crippen LogP contribution is 2.13. The Balaban J connectivity index is 1.92. The molecular weight excluding hydrogens is 245 g/mol. The fourth-order valence-electron chi connectivity index (χ4n) is 2.17. The van der Waals surface area contributed by atoms with Gasteiger partial charge in [-0.05, 0) is 30.5 Å². The molecule has 0 saturated carbocycles. The zero-order valence-electron chi connectivity index (χ0n) is 10.8. The van der Waals surface area contributed by atoms with Crippen LogP contribution in [0.5, 0.6) is 0 Å². The summed E-state index contributed by atoms with van der Waals surface area (Å²) in [5, 5.41) is 2.98. The Morgan fingerprint density at radius 3 is 2.89 bits per heavy atom. The summed E-state index contributed by atoms with van der Waals surface area (Å²) in [5.74, 6) is -0.350. The van der Waals surface area contributed by atoms with Crippen LogP contribution in [-0.4, -0.2) is 25.2 Å². The van der Waals surface area contributed by atoms with Crippen LogP contribution < -0.4 is 5.32 Å². The molecule has 1 fully saturated rings. The van der Waals surface area contributed by atoms with Gasteiger partial charge in [0.15, 0.2) is 0 Å². The number of halogens is 1. The Morgan fingerprint density at radius 1 is 1.47 bits per heavy atom. The van der Waals surface area contributed by atoms with Crippen molar-refractivity contribution in [3.8, 4) is 0 Å². The van der Waals surface area contributed by atoms with Gasteiger partial charge in [0.2, 0.25) is 5.91 Å². The molecule has 19 heavy (non-hydrogen) atoms. The third-order valence-electron chi connectivity index (χ3n) is 3.23. The van der Waals surface area contributed by atoms with Crippen LogP contribution in [0.4, 0.5) is 4.39 Å². The Morgan fingerprint density at radius 2 is 2.21 bits per heavy atom. The Kier molecular flexibility index (Phi) is 4.68. The first-order valence-corrected chi connectivity index (χ1v) is 6.47.